The lowest BCUT2D eigenvalue weighted by Crippen LogP contribution is -2.26. The standard InChI is InChI=1S/C13H13NO5/c1-7-2-10-11(19-6-18-10)4-9(7)14-5-8(13(16)17)3-12(14)15/h2,4,8H,3,5-6H2,1H3,(H,16,17)/t8-/m1/s1. The van der Waals surface area contributed by atoms with Crippen LogP contribution in [-0.4, -0.2) is 30.3 Å². The van der Waals surface area contributed by atoms with Crippen molar-refractivity contribution in [3.63, 3.8) is 0 Å². The number of rotatable bonds is 2. The number of carboxylic acids is 1. The van der Waals surface area contributed by atoms with Gasteiger partial charge in [0.25, 0.3) is 0 Å². The fourth-order valence-electron chi connectivity index (χ4n) is 2.43. The normalized spacial score (nSPS) is 21.0. The van der Waals surface area contributed by atoms with Crippen LogP contribution in [0.2, 0.25) is 0 Å². The van der Waals surface area contributed by atoms with Crippen molar-refractivity contribution in [3.05, 3.63) is 17.7 Å². The highest BCUT2D eigenvalue weighted by Gasteiger charge is 2.36. The van der Waals surface area contributed by atoms with E-state index in [9.17, 15) is 9.59 Å². The Labute approximate surface area is 109 Å². The minimum absolute atomic E-state index is 0.0449. The lowest BCUT2D eigenvalue weighted by Gasteiger charge is -2.19. The van der Waals surface area contributed by atoms with Crippen molar-refractivity contribution in [2.45, 2.75) is 13.3 Å². The predicted octanol–water partition coefficient (Wildman–Crippen LogP) is 1.16. The summed E-state index contributed by atoms with van der Waals surface area (Å²) in [7, 11) is 0. The molecule has 19 heavy (non-hydrogen) atoms. The summed E-state index contributed by atoms with van der Waals surface area (Å²) in [5.41, 5.74) is 1.56. The molecule has 1 aromatic rings. The van der Waals surface area contributed by atoms with E-state index in [1.54, 1.807) is 12.1 Å². The van der Waals surface area contributed by atoms with Gasteiger partial charge >= 0.3 is 5.97 Å². The molecule has 2 heterocycles. The van der Waals surface area contributed by atoms with E-state index >= 15 is 0 Å². The third-order valence-corrected chi connectivity index (χ3v) is 3.46. The SMILES string of the molecule is Cc1cc2c(cc1N1C[C@H](C(=O)O)CC1=O)OCO2. The van der Waals surface area contributed by atoms with Crippen LogP contribution in [-0.2, 0) is 9.59 Å². The first-order valence-electron chi connectivity index (χ1n) is 5.99. The van der Waals surface area contributed by atoms with Crippen LogP contribution in [0.3, 0.4) is 0 Å². The summed E-state index contributed by atoms with van der Waals surface area (Å²) in [4.78, 5) is 24.4. The summed E-state index contributed by atoms with van der Waals surface area (Å²) in [6.45, 7) is 2.23. The molecule has 100 valence electrons. The van der Waals surface area contributed by atoms with Crippen molar-refractivity contribution in [1.29, 1.82) is 0 Å². The number of carbonyl (C=O) groups excluding carboxylic acids is 1. The molecule has 2 aliphatic rings. The first-order valence-corrected chi connectivity index (χ1v) is 5.99. The van der Waals surface area contributed by atoms with E-state index in [-0.39, 0.29) is 25.7 Å². The van der Waals surface area contributed by atoms with Gasteiger partial charge in [0.2, 0.25) is 12.7 Å². The largest absolute Gasteiger partial charge is 0.481 e. The molecule has 1 aromatic carbocycles. The van der Waals surface area contributed by atoms with Gasteiger partial charge in [-0.15, -0.1) is 0 Å². The van der Waals surface area contributed by atoms with Crippen molar-refractivity contribution >= 4 is 17.6 Å². The fraction of sp³-hybridized carbons (Fsp3) is 0.385. The third kappa shape index (κ3) is 1.89. The van der Waals surface area contributed by atoms with E-state index in [0.29, 0.717) is 17.2 Å². The van der Waals surface area contributed by atoms with Crippen molar-refractivity contribution in [2.75, 3.05) is 18.2 Å². The summed E-state index contributed by atoms with van der Waals surface area (Å²) in [6, 6.07) is 3.54. The molecule has 0 spiro atoms. The molecule has 0 unspecified atom stereocenters. The van der Waals surface area contributed by atoms with Gasteiger partial charge in [-0.3, -0.25) is 9.59 Å². The zero-order chi connectivity index (χ0) is 13.6. The molecule has 0 aliphatic carbocycles. The van der Waals surface area contributed by atoms with Gasteiger partial charge < -0.3 is 19.5 Å². The monoisotopic (exact) mass is 263 g/mol. The number of anilines is 1. The average molecular weight is 263 g/mol. The molecule has 1 amide bonds. The highest BCUT2D eigenvalue weighted by atomic mass is 16.7. The van der Waals surface area contributed by atoms with Crippen LogP contribution in [0.1, 0.15) is 12.0 Å². The summed E-state index contributed by atoms with van der Waals surface area (Å²) >= 11 is 0. The fourth-order valence-corrected chi connectivity index (χ4v) is 2.43. The van der Waals surface area contributed by atoms with Crippen LogP contribution >= 0.6 is 0 Å². The smallest absolute Gasteiger partial charge is 0.308 e. The molecule has 2 aliphatic heterocycles. The minimum Gasteiger partial charge on any atom is -0.481 e. The van der Waals surface area contributed by atoms with E-state index in [1.807, 2.05) is 6.92 Å². The van der Waals surface area contributed by atoms with E-state index in [2.05, 4.69) is 0 Å². The van der Waals surface area contributed by atoms with Gasteiger partial charge in [0, 0.05) is 19.0 Å². The van der Waals surface area contributed by atoms with Gasteiger partial charge in [0.05, 0.1) is 11.6 Å². The number of carboxylic acid groups (broad SMARTS) is 1. The summed E-state index contributed by atoms with van der Waals surface area (Å²) in [6.07, 6.45) is 0.0449. The molecular formula is C13H13NO5. The Hall–Kier alpha value is -2.24. The molecule has 0 bridgehead atoms. The number of hydrogen-bond acceptors (Lipinski definition) is 4. The zero-order valence-electron chi connectivity index (χ0n) is 10.4. The molecule has 6 heteroatoms. The van der Waals surface area contributed by atoms with Crippen molar-refractivity contribution in [2.24, 2.45) is 5.92 Å². The van der Waals surface area contributed by atoms with Gasteiger partial charge in [-0.05, 0) is 18.6 Å². The number of benzene rings is 1. The summed E-state index contributed by atoms with van der Waals surface area (Å²) < 4.78 is 10.6. The lowest BCUT2D eigenvalue weighted by molar-refractivity contribution is -0.141. The second-order valence-electron chi connectivity index (χ2n) is 4.74. The van der Waals surface area contributed by atoms with Gasteiger partial charge in [-0.1, -0.05) is 0 Å². The molecule has 6 nitrogen and oxygen atoms in total. The molecule has 1 N–H and O–H groups in total. The number of aliphatic carboxylic acids is 1. The van der Waals surface area contributed by atoms with E-state index in [0.717, 1.165) is 5.56 Å². The van der Waals surface area contributed by atoms with Crippen LogP contribution in [0.15, 0.2) is 12.1 Å². The molecule has 3 rings (SSSR count). The molecule has 1 atom stereocenters. The Morgan fingerprint density at radius 2 is 2.05 bits per heavy atom. The quantitative estimate of drug-likeness (QED) is 0.866. The van der Waals surface area contributed by atoms with Gasteiger partial charge in [0.15, 0.2) is 11.5 Å². The minimum atomic E-state index is -0.936. The second kappa shape index (κ2) is 4.15. The molecular weight excluding hydrogens is 250 g/mol. The summed E-state index contributed by atoms with van der Waals surface area (Å²) in [5, 5.41) is 9.00. The molecule has 0 saturated carbocycles. The number of aryl methyl sites for hydroxylation is 1. The van der Waals surface area contributed by atoms with Crippen LogP contribution < -0.4 is 14.4 Å². The number of ether oxygens (including phenoxy) is 2. The summed E-state index contributed by atoms with van der Waals surface area (Å²) in [5.74, 6) is -0.504. The Bertz CT molecular complexity index is 568. The Morgan fingerprint density at radius 3 is 2.68 bits per heavy atom. The first-order chi connectivity index (χ1) is 9.06. The number of fused-ring (bicyclic) bond motifs is 1. The van der Waals surface area contributed by atoms with Crippen molar-refractivity contribution in [3.8, 4) is 11.5 Å². The lowest BCUT2D eigenvalue weighted by atomic mass is 10.1. The number of carbonyl (C=O) groups is 2. The van der Waals surface area contributed by atoms with Crippen LogP contribution in [0.4, 0.5) is 5.69 Å². The molecule has 0 radical (unpaired) electrons. The first kappa shape index (κ1) is 11.8. The van der Waals surface area contributed by atoms with E-state index in [1.165, 1.54) is 4.90 Å². The highest BCUT2D eigenvalue weighted by Crippen LogP contribution is 2.39. The number of hydrogen-bond donors (Lipinski definition) is 1. The highest BCUT2D eigenvalue weighted by molar-refractivity contribution is 6.00. The third-order valence-electron chi connectivity index (χ3n) is 3.46. The molecule has 1 fully saturated rings. The van der Waals surface area contributed by atoms with Crippen LogP contribution in [0, 0.1) is 12.8 Å². The van der Waals surface area contributed by atoms with Gasteiger partial charge in [-0.2, -0.15) is 0 Å². The van der Waals surface area contributed by atoms with Crippen LogP contribution in [0.5, 0.6) is 11.5 Å². The zero-order valence-corrected chi connectivity index (χ0v) is 10.4. The predicted molar refractivity (Wildman–Crippen MR) is 65.4 cm³/mol. The van der Waals surface area contributed by atoms with Crippen LogP contribution in [0.25, 0.3) is 0 Å². The topological polar surface area (TPSA) is 76.1 Å². The molecule has 1 saturated heterocycles. The Balaban J connectivity index is 1.95. The maximum atomic E-state index is 11.9. The van der Waals surface area contributed by atoms with Gasteiger partial charge in [-0.25, -0.2) is 0 Å². The van der Waals surface area contributed by atoms with Crippen molar-refractivity contribution < 1.29 is 24.2 Å². The number of amides is 1. The second-order valence-corrected chi connectivity index (χ2v) is 4.74. The Morgan fingerprint density at radius 1 is 1.37 bits per heavy atom. The van der Waals surface area contributed by atoms with E-state index < -0.39 is 11.9 Å². The number of nitrogens with zero attached hydrogens (tertiary/aromatic N) is 1. The average Bonchev–Trinajstić information content (AvgIpc) is 2.94. The van der Waals surface area contributed by atoms with E-state index in [4.69, 9.17) is 14.6 Å². The molecule has 0 aromatic heterocycles. The maximum absolute atomic E-state index is 11.9. The maximum Gasteiger partial charge on any atom is 0.308 e. The Kier molecular flexibility index (Phi) is 2.58. The van der Waals surface area contributed by atoms with Gasteiger partial charge in [0.1, 0.15) is 0 Å². The van der Waals surface area contributed by atoms with Crippen molar-refractivity contribution in [1.82, 2.24) is 0 Å².